The fourth-order valence-corrected chi connectivity index (χ4v) is 6.29. The van der Waals surface area contributed by atoms with Crippen LogP contribution in [0.5, 0.6) is 0 Å². The van der Waals surface area contributed by atoms with Gasteiger partial charge in [0.2, 0.25) is 0 Å². The molecule has 25 heavy (non-hydrogen) atoms. The predicted molar refractivity (Wildman–Crippen MR) is 106 cm³/mol. The SMILES string of the molecule is CCCN1CCc2ccc(NS(=O)(=O)c3cc(Cl)sc3Cl)cc2CC1. The van der Waals surface area contributed by atoms with Crippen LogP contribution in [0, 0.1) is 0 Å². The molecule has 0 aliphatic carbocycles. The first-order valence-corrected chi connectivity index (χ1v) is 11.3. The van der Waals surface area contributed by atoms with Gasteiger partial charge in [-0.3, -0.25) is 4.72 Å². The molecule has 4 nitrogen and oxygen atoms in total. The molecule has 0 saturated carbocycles. The minimum atomic E-state index is -3.74. The Morgan fingerprint density at radius 1 is 1.16 bits per heavy atom. The minimum absolute atomic E-state index is 0.0215. The standard InChI is InChI=1S/C17H20Cl2N2O2S2/c1-2-7-21-8-5-12-3-4-14(10-13(12)6-9-21)20-25(22,23)15-11-16(18)24-17(15)19/h3-4,10-11,20H,2,5-9H2,1H3. The van der Waals surface area contributed by atoms with Gasteiger partial charge in [-0.2, -0.15) is 0 Å². The molecule has 0 bridgehead atoms. The molecule has 0 fully saturated rings. The van der Waals surface area contributed by atoms with E-state index in [1.807, 2.05) is 18.2 Å². The molecule has 0 spiro atoms. The average Bonchev–Trinajstić information content (AvgIpc) is 2.77. The number of sulfonamides is 1. The van der Waals surface area contributed by atoms with Gasteiger partial charge in [0.25, 0.3) is 10.0 Å². The van der Waals surface area contributed by atoms with Gasteiger partial charge >= 0.3 is 0 Å². The maximum Gasteiger partial charge on any atom is 0.264 e. The lowest BCUT2D eigenvalue weighted by Gasteiger charge is -2.18. The van der Waals surface area contributed by atoms with Crippen molar-refractivity contribution in [3.8, 4) is 0 Å². The summed E-state index contributed by atoms with van der Waals surface area (Å²) in [7, 11) is -3.74. The predicted octanol–water partition coefficient (Wildman–Crippen LogP) is 4.67. The third kappa shape index (κ3) is 4.49. The van der Waals surface area contributed by atoms with Crippen LogP contribution in [0.4, 0.5) is 5.69 Å². The third-order valence-corrected chi connectivity index (χ3v) is 7.44. The molecule has 0 radical (unpaired) electrons. The smallest absolute Gasteiger partial charge is 0.264 e. The lowest BCUT2D eigenvalue weighted by atomic mass is 10.0. The molecule has 1 aromatic heterocycles. The number of halogens is 2. The van der Waals surface area contributed by atoms with E-state index in [-0.39, 0.29) is 9.23 Å². The number of benzene rings is 1. The molecular formula is C17H20Cl2N2O2S2. The van der Waals surface area contributed by atoms with Gasteiger partial charge in [0.15, 0.2) is 0 Å². The maximum absolute atomic E-state index is 12.6. The van der Waals surface area contributed by atoms with Crippen molar-refractivity contribution in [3.63, 3.8) is 0 Å². The van der Waals surface area contributed by atoms with Crippen LogP contribution in [-0.4, -0.2) is 33.0 Å². The summed E-state index contributed by atoms with van der Waals surface area (Å²) in [5, 5.41) is 0. The van der Waals surface area contributed by atoms with Crippen LogP contribution in [0.2, 0.25) is 8.67 Å². The van der Waals surface area contributed by atoms with Crippen molar-refractivity contribution in [1.82, 2.24) is 4.90 Å². The molecule has 8 heteroatoms. The summed E-state index contributed by atoms with van der Waals surface area (Å²) >= 11 is 12.9. The Kier molecular flexibility index (Phi) is 5.96. The summed E-state index contributed by atoms with van der Waals surface area (Å²) in [5.41, 5.74) is 3.05. The van der Waals surface area contributed by atoms with Crippen LogP contribution in [-0.2, 0) is 22.9 Å². The van der Waals surface area contributed by atoms with Crippen LogP contribution >= 0.6 is 34.5 Å². The Labute approximate surface area is 162 Å². The molecule has 0 unspecified atom stereocenters. The van der Waals surface area contributed by atoms with Crippen LogP contribution in [0.25, 0.3) is 0 Å². The molecule has 0 saturated heterocycles. The number of nitrogens with one attached hydrogen (secondary N) is 1. The Bertz CT molecular complexity index is 866. The van der Waals surface area contributed by atoms with Crippen molar-refractivity contribution in [2.45, 2.75) is 31.1 Å². The normalized spacial score (nSPS) is 15.6. The molecule has 1 aromatic carbocycles. The summed E-state index contributed by atoms with van der Waals surface area (Å²) in [6.45, 7) is 5.34. The van der Waals surface area contributed by atoms with E-state index in [9.17, 15) is 8.42 Å². The number of anilines is 1. The molecule has 1 aliphatic heterocycles. The topological polar surface area (TPSA) is 49.4 Å². The monoisotopic (exact) mass is 418 g/mol. The molecule has 2 heterocycles. The first kappa shape index (κ1) is 19.0. The molecule has 0 atom stereocenters. The largest absolute Gasteiger partial charge is 0.303 e. The number of rotatable bonds is 5. The second-order valence-corrected chi connectivity index (χ2v) is 10.1. The third-order valence-electron chi connectivity index (χ3n) is 4.31. The highest BCUT2D eigenvalue weighted by Crippen LogP contribution is 2.35. The Morgan fingerprint density at radius 3 is 2.52 bits per heavy atom. The van der Waals surface area contributed by atoms with Crippen molar-refractivity contribution in [3.05, 3.63) is 44.1 Å². The summed E-state index contributed by atoms with van der Waals surface area (Å²) in [6, 6.07) is 7.14. The zero-order valence-electron chi connectivity index (χ0n) is 13.9. The van der Waals surface area contributed by atoms with Crippen LogP contribution in [0.15, 0.2) is 29.2 Å². The van der Waals surface area contributed by atoms with Gasteiger partial charge in [0, 0.05) is 18.8 Å². The van der Waals surface area contributed by atoms with Gasteiger partial charge in [-0.1, -0.05) is 36.2 Å². The molecule has 3 rings (SSSR count). The summed E-state index contributed by atoms with van der Waals surface area (Å²) in [4.78, 5) is 2.48. The number of hydrogen-bond acceptors (Lipinski definition) is 4. The van der Waals surface area contributed by atoms with Crippen molar-refractivity contribution in [1.29, 1.82) is 0 Å². The van der Waals surface area contributed by atoms with Gasteiger partial charge in [-0.05, 0) is 55.1 Å². The molecule has 2 aromatic rings. The highest BCUT2D eigenvalue weighted by Gasteiger charge is 2.22. The maximum atomic E-state index is 12.6. The van der Waals surface area contributed by atoms with E-state index in [4.69, 9.17) is 23.2 Å². The van der Waals surface area contributed by atoms with Crippen LogP contribution in [0.3, 0.4) is 0 Å². The highest BCUT2D eigenvalue weighted by molar-refractivity contribution is 7.93. The second-order valence-electron chi connectivity index (χ2n) is 6.12. The molecule has 136 valence electrons. The first-order valence-electron chi connectivity index (χ1n) is 8.21. The van der Waals surface area contributed by atoms with E-state index in [0.29, 0.717) is 10.0 Å². The fraction of sp³-hybridized carbons (Fsp3) is 0.412. The Balaban J connectivity index is 1.80. The van der Waals surface area contributed by atoms with E-state index >= 15 is 0 Å². The lowest BCUT2D eigenvalue weighted by molar-refractivity contribution is 0.288. The van der Waals surface area contributed by atoms with E-state index in [2.05, 4.69) is 16.5 Å². The van der Waals surface area contributed by atoms with E-state index in [1.165, 1.54) is 17.2 Å². The van der Waals surface area contributed by atoms with Gasteiger partial charge in [-0.15, -0.1) is 11.3 Å². The number of nitrogens with zero attached hydrogens (tertiary/aromatic N) is 1. The summed E-state index contributed by atoms with van der Waals surface area (Å²) in [6.07, 6.45) is 3.07. The van der Waals surface area contributed by atoms with Crippen LogP contribution in [0.1, 0.15) is 24.5 Å². The van der Waals surface area contributed by atoms with Crippen LogP contribution < -0.4 is 4.72 Å². The molecular weight excluding hydrogens is 399 g/mol. The Hall–Kier alpha value is -0.790. The van der Waals surface area contributed by atoms with Crippen molar-refractivity contribution < 1.29 is 8.42 Å². The summed E-state index contributed by atoms with van der Waals surface area (Å²) in [5.74, 6) is 0. The average molecular weight is 419 g/mol. The van der Waals surface area contributed by atoms with E-state index in [0.717, 1.165) is 50.2 Å². The van der Waals surface area contributed by atoms with Gasteiger partial charge in [-0.25, -0.2) is 8.42 Å². The van der Waals surface area contributed by atoms with E-state index in [1.54, 1.807) is 0 Å². The molecule has 1 N–H and O–H groups in total. The number of thiophene rings is 1. The second kappa shape index (κ2) is 7.84. The van der Waals surface area contributed by atoms with Gasteiger partial charge < -0.3 is 4.90 Å². The number of fused-ring (bicyclic) bond motifs is 1. The zero-order chi connectivity index (χ0) is 18.0. The Morgan fingerprint density at radius 2 is 1.88 bits per heavy atom. The molecule has 0 amide bonds. The van der Waals surface area contributed by atoms with Crippen molar-refractivity contribution in [2.75, 3.05) is 24.4 Å². The quantitative estimate of drug-likeness (QED) is 0.767. The lowest BCUT2D eigenvalue weighted by Crippen LogP contribution is -2.27. The number of hydrogen-bond donors (Lipinski definition) is 1. The summed E-state index contributed by atoms with van der Waals surface area (Å²) < 4.78 is 28.2. The van der Waals surface area contributed by atoms with Gasteiger partial charge in [0.05, 0.1) is 4.34 Å². The van der Waals surface area contributed by atoms with Crippen molar-refractivity contribution >= 4 is 50.2 Å². The minimum Gasteiger partial charge on any atom is -0.303 e. The van der Waals surface area contributed by atoms with Crippen molar-refractivity contribution in [2.24, 2.45) is 0 Å². The zero-order valence-corrected chi connectivity index (χ0v) is 17.0. The fourth-order valence-electron chi connectivity index (χ4n) is 3.09. The first-order chi connectivity index (χ1) is 11.9. The van der Waals surface area contributed by atoms with Gasteiger partial charge in [0.1, 0.15) is 9.23 Å². The molecule has 1 aliphatic rings. The van der Waals surface area contributed by atoms with E-state index < -0.39 is 10.0 Å². The highest BCUT2D eigenvalue weighted by atomic mass is 35.5.